The second kappa shape index (κ2) is 7.76. The summed E-state index contributed by atoms with van der Waals surface area (Å²) in [7, 11) is 0. The number of anilines is 2. The molecule has 29 heavy (non-hydrogen) atoms. The monoisotopic (exact) mass is 395 g/mol. The van der Waals surface area contributed by atoms with Gasteiger partial charge in [-0.1, -0.05) is 39.0 Å². The highest BCUT2D eigenvalue weighted by atomic mass is 16.7. The van der Waals surface area contributed by atoms with Gasteiger partial charge in [0.2, 0.25) is 0 Å². The van der Waals surface area contributed by atoms with Crippen LogP contribution < -0.4 is 10.2 Å². The minimum absolute atomic E-state index is 0.0574. The van der Waals surface area contributed by atoms with E-state index in [1.165, 1.54) is 0 Å². The van der Waals surface area contributed by atoms with E-state index in [1.807, 2.05) is 30.5 Å². The summed E-state index contributed by atoms with van der Waals surface area (Å²) in [5, 5.41) is 3.07. The number of amides is 1. The molecule has 1 spiro atoms. The Hall–Kier alpha value is -2.44. The van der Waals surface area contributed by atoms with E-state index in [1.54, 1.807) is 6.20 Å². The molecule has 0 saturated carbocycles. The zero-order valence-electron chi connectivity index (χ0n) is 17.4. The maximum absolute atomic E-state index is 12.9. The molecule has 0 unspecified atom stereocenters. The van der Waals surface area contributed by atoms with Crippen LogP contribution in [0.25, 0.3) is 0 Å². The first-order valence-electron chi connectivity index (χ1n) is 10.3. The maximum atomic E-state index is 12.9. The summed E-state index contributed by atoms with van der Waals surface area (Å²) in [4.78, 5) is 19.5. The van der Waals surface area contributed by atoms with Crippen molar-refractivity contribution >= 4 is 17.3 Å². The number of carbonyl (C=O) groups excluding carboxylic acids is 1. The predicted molar refractivity (Wildman–Crippen MR) is 113 cm³/mol. The van der Waals surface area contributed by atoms with Gasteiger partial charge in [0.15, 0.2) is 5.79 Å². The number of ether oxygens (including phenoxy) is 2. The van der Waals surface area contributed by atoms with Crippen LogP contribution in [0.3, 0.4) is 0 Å². The van der Waals surface area contributed by atoms with Crippen molar-refractivity contribution in [1.29, 1.82) is 0 Å². The van der Waals surface area contributed by atoms with Gasteiger partial charge in [-0.2, -0.15) is 0 Å². The molecule has 2 aliphatic rings. The van der Waals surface area contributed by atoms with Gasteiger partial charge in [0.25, 0.3) is 5.91 Å². The number of piperidine rings is 1. The van der Waals surface area contributed by atoms with Crippen LogP contribution >= 0.6 is 0 Å². The molecule has 2 aromatic rings. The Balaban J connectivity index is 1.47. The molecule has 6 nitrogen and oxygen atoms in total. The summed E-state index contributed by atoms with van der Waals surface area (Å²) in [6, 6.07) is 9.86. The smallest absolute Gasteiger partial charge is 0.257 e. The number of benzene rings is 1. The molecule has 4 rings (SSSR count). The molecular formula is C23H29N3O3. The molecule has 1 amide bonds. The predicted octanol–water partition coefficient (Wildman–Crippen LogP) is 3.97. The van der Waals surface area contributed by atoms with Crippen molar-refractivity contribution < 1.29 is 14.3 Å². The fourth-order valence-electron chi connectivity index (χ4n) is 4.06. The van der Waals surface area contributed by atoms with Crippen molar-refractivity contribution in [3.63, 3.8) is 0 Å². The first-order valence-corrected chi connectivity index (χ1v) is 10.3. The highest BCUT2D eigenvalue weighted by molar-refractivity contribution is 6.05. The van der Waals surface area contributed by atoms with Crippen LogP contribution in [-0.2, 0) is 14.9 Å². The zero-order valence-corrected chi connectivity index (χ0v) is 17.4. The van der Waals surface area contributed by atoms with Crippen molar-refractivity contribution in [2.75, 3.05) is 36.5 Å². The first kappa shape index (κ1) is 19.9. The Morgan fingerprint density at radius 1 is 1.10 bits per heavy atom. The minimum Gasteiger partial charge on any atom is -0.370 e. The van der Waals surface area contributed by atoms with Crippen LogP contribution in [0.5, 0.6) is 0 Å². The lowest BCUT2D eigenvalue weighted by atomic mass is 9.86. The SMILES string of the molecule is CC(C)(C)c1ccccc1NC(=O)c1cncc(N2CCC3(CC2)OCCO3)c1. The Bertz CT molecular complexity index is 875. The normalized spacial score (nSPS) is 18.8. The fourth-order valence-corrected chi connectivity index (χ4v) is 4.06. The van der Waals surface area contributed by atoms with Crippen molar-refractivity contribution in [2.45, 2.75) is 44.8 Å². The van der Waals surface area contributed by atoms with Gasteiger partial charge < -0.3 is 19.7 Å². The van der Waals surface area contributed by atoms with Crippen molar-refractivity contribution in [1.82, 2.24) is 4.98 Å². The zero-order chi connectivity index (χ0) is 20.5. The number of aromatic nitrogens is 1. The molecular weight excluding hydrogens is 366 g/mol. The summed E-state index contributed by atoms with van der Waals surface area (Å²) in [6.45, 7) is 9.41. The lowest BCUT2D eigenvalue weighted by molar-refractivity contribution is -0.169. The number of carbonyl (C=O) groups is 1. The van der Waals surface area contributed by atoms with Gasteiger partial charge in [-0.05, 0) is 23.1 Å². The van der Waals surface area contributed by atoms with Gasteiger partial charge in [-0.3, -0.25) is 9.78 Å². The highest BCUT2D eigenvalue weighted by Gasteiger charge is 2.39. The molecule has 1 aromatic heterocycles. The van der Waals surface area contributed by atoms with E-state index < -0.39 is 5.79 Å². The number of hydrogen-bond donors (Lipinski definition) is 1. The third kappa shape index (κ3) is 4.28. The van der Waals surface area contributed by atoms with E-state index in [-0.39, 0.29) is 11.3 Å². The lowest BCUT2D eigenvalue weighted by Gasteiger charge is -2.38. The van der Waals surface area contributed by atoms with Crippen molar-refractivity contribution in [3.05, 3.63) is 53.9 Å². The van der Waals surface area contributed by atoms with Crippen LogP contribution in [-0.4, -0.2) is 43.0 Å². The van der Waals surface area contributed by atoms with Crippen LogP contribution in [0.15, 0.2) is 42.7 Å². The highest BCUT2D eigenvalue weighted by Crippen LogP contribution is 2.33. The Kier molecular flexibility index (Phi) is 5.32. The average molecular weight is 396 g/mol. The van der Waals surface area contributed by atoms with Gasteiger partial charge in [-0.25, -0.2) is 0 Å². The molecule has 0 bridgehead atoms. The van der Waals surface area contributed by atoms with E-state index in [4.69, 9.17) is 9.47 Å². The molecule has 0 radical (unpaired) electrons. The number of nitrogens with zero attached hydrogens (tertiary/aromatic N) is 2. The Morgan fingerprint density at radius 2 is 1.79 bits per heavy atom. The topological polar surface area (TPSA) is 63.7 Å². The molecule has 0 aliphatic carbocycles. The van der Waals surface area contributed by atoms with E-state index >= 15 is 0 Å². The Morgan fingerprint density at radius 3 is 2.48 bits per heavy atom. The number of nitrogens with one attached hydrogen (secondary N) is 1. The molecule has 2 fully saturated rings. The molecule has 2 saturated heterocycles. The molecule has 6 heteroatoms. The number of hydrogen-bond acceptors (Lipinski definition) is 5. The molecule has 0 atom stereocenters. The first-order chi connectivity index (χ1) is 13.9. The Labute approximate surface area is 172 Å². The summed E-state index contributed by atoms with van der Waals surface area (Å²) in [5.74, 6) is -0.553. The largest absolute Gasteiger partial charge is 0.370 e. The van der Waals surface area contributed by atoms with Gasteiger partial charge in [-0.15, -0.1) is 0 Å². The van der Waals surface area contributed by atoms with Crippen LogP contribution in [0.2, 0.25) is 0 Å². The summed E-state index contributed by atoms with van der Waals surface area (Å²) >= 11 is 0. The molecule has 2 aliphatic heterocycles. The summed E-state index contributed by atoms with van der Waals surface area (Å²) in [6.07, 6.45) is 5.08. The maximum Gasteiger partial charge on any atom is 0.257 e. The molecule has 1 N–H and O–H groups in total. The van der Waals surface area contributed by atoms with Gasteiger partial charge in [0, 0.05) is 37.8 Å². The van der Waals surface area contributed by atoms with Gasteiger partial charge >= 0.3 is 0 Å². The number of pyridine rings is 1. The van der Waals surface area contributed by atoms with Gasteiger partial charge in [0.1, 0.15) is 0 Å². The summed E-state index contributed by atoms with van der Waals surface area (Å²) in [5.41, 5.74) is 3.40. The van der Waals surface area contributed by atoms with E-state index in [9.17, 15) is 4.79 Å². The van der Waals surface area contributed by atoms with Crippen LogP contribution in [0.4, 0.5) is 11.4 Å². The van der Waals surface area contributed by atoms with Crippen LogP contribution in [0, 0.1) is 0 Å². The van der Waals surface area contributed by atoms with Gasteiger partial charge in [0.05, 0.1) is 30.7 Å². The summed E-state index contributed by atoms with van der Waals surface area (Å²) < 4.78 is 11.6. The van der Waals surface area contributed by atoms with Crippen molar-refractivity contribution in [2.24, 2.45) is 0 Å². The molecule has 3 heterocycles. The number of para-hydroxylation sites is 1. The number of rotatable bonds is 3. The second-order valence-corrected chi connectivity index (χ2v) is 8.78. The van der Waals surface area contributed by atoms with Crippen LogP contribution in [0.1, 0.15) is 49.5 Å². The minimum atomic E-state index is -0.407. The van der Waals surface area contributed by atoms with Crippen molar-refractivity contribution in [3.8, 4) is 0 Å². The fraction of sp³-hybridized carbons (Fsp3) is 0.478. The standard InChI is InChI=1S/C23H29N3O3/c1-22(2,3)19-6-4-5-7-20(19)25-21(27)17-14-18(16-24-15-17)26-10-8-23(9-11-26)28-12-13-29-23/h4-7,14-16H,8-13H2,1-3H3,(H,25,27). The molecule has 1 aromatic carbocycles. The van der Waals surface area contributed by atoms with E-state index in [0.717, 1.165) is 42.9 Å². The third-order valence-electron chi connectivity index (χ3n) is 5.67. The second-order valence-electron chi connectivity index (χ2n) is 8.78. The van der Waals surface area contributed by atoms with E-state index in [2.05, 4.69) is 42.0 Å². The molecule has 154 valence electrons. The lowest BCUT2D eigenvalue weighted by Crippen LogP contribution is -2.45. The quantitative estimate of drug-likeness (QED) is 0.852. The average Bonchev–Trinajstić information content (AvgIpc) is 3.16. The van der Waals surface area contributed by atoms with E-state index in [0.29, 0.717) is 18.8 Å². The third-order valence-corrected chi connectivity index (χ3v) is 5.67.